The van der Waals surface area contributed by atoms with Gasteiger partial charge in [0.1, 0.15) is 0 Å². The summed E-state index contributed by atoms with van der Waals surface area (Å²) in [6.07, 6.45) is 4.48. The number of methoxy groups -OCH3 is 2. The molecule has 0 radical (unpaired) electrons. The second-order valence-corrected chi connectivity index (χ2v) is 8.53. The zero-order valence-electron chi connectivity index (χ0n) is 17.8. The van der Waals surface area contributed by atoms with Crippen molar-refractivity contribution in [3.05, 3.63) is 35.2 Å². The highest BCUT2D eigenvalue weighted by atomic mass is 32.2. The molecule has 1 unspecified atom stereocenters. The van der Waals surface area contributed by atoms with E-state index in [0.29, 0.717) is 29.9 Å². The van der Waals surface area contributed by atoms with Crippen LogP contribution in [-0.4, -0.2) is 47.3 Å². The van der Waals surface area contributed by atoms with Crippen molar-refractivity contribution in [2.75, 3.05) is 26.6 Å². The lowest BCUT2D eigenvalue weighted by molar-refractivity contribution is 0.0397. The molecule has 1 saturated carbocycles. The SMILES string of the molecule is COc1ccc(COCC(O)CSc2nc(C)c(C)n2C2CCCC2)cc1OC. The Bertz CT molecular complexity index is 802. The smallest absolute Gasteiger partial charge is 0.168 e. The molecule has 6 nitrogen and oxygen atoms in total. The quantitative estimate of drug-likeness (QED) is 0.578. The van der Waals surface area contributed by atoms with E-state index in [-0.39, 0.29) is 6.61 Å². The topological polar surface area (TPSA) is 65.7 Å². The molecular formula is C22H32N2O4S. The number of rotatable bonds is 10. The van der Waals surface area contributed by atoms with Crippen molar-refractivity contribution in [3.63, 3.8) is 0 Å². The Morgan fingerprint density at radius 1 is 1.17 bits per heavy atom. The Labute approximate surface area is 177 Å². The summed E-state index contributed by atoms with van der Waals surface area (Å²) in [6.45, 7) is 4.90. The second-order valence-electron chi connectivity index (χ2n) is 7.54. The van der Waals surface area contributed by atoms with Crippen LogP contribution in [0, 0.1) is 13.8 Å². The van der Waals surface area contributed by atoms with Crippen molar-refractivity contribution in [1.29, 1.82) is 0 Å². The van der Waals surface area contributed by atoms with E-state index in [9.17, 15) is 5.11 Å². The van der Waals surface area contributed by atoms with Gasteiger partial charge in [0.15, 0.2) is 16.7 Å². The molecule has 7 heteroatoms. The minimum atomic E-state index is -0.547. The lowest BCUT2D eigenvalue weighted by Crippen LogP contribution is -2.18. The molecular weight excluding hydrogens is 388 g/mol. The zero-order chi connectivity index (χ0) is 20.8. The van der Waals surface area contributed by atoms with Crippen LogP contribution in [0.4, 0.5) is 0 Å². The van der Waals surface area contributed by atoms with E-state index >= 15 is 0 Å². The molecule has 2 aromatic rings. The monoisotopic (exact) mass is 420 g/mol. The first-order valence-corrected chi connectivity index (χ1v) is 11.2. The standard InChI is InChI=1S/C22H32N2O4S/c1-15-16(2)24(18-7-5-6-8-18)22(23-15)29-14-19(25)13-28-12-17-9-10-20(26-3)21(11-17)27-4/h9-11,18-19,25H,5-8,12-14H2,1-4H3. The predicted molar refractivity (Wildman–Crippen MR) is 115 cm³/mol. The first-order chi connectivity index (χ1) is 14.0. The van der Waals surface area contributed by atoms with Gasteiger partial charge in [-0.05, 0) is 44.4 Å². The van der Waals surface area contributed by atoms with Gasteiger partial charge in [0.25, 0.3) is 0 Å². The van der Waals surface area contributed by atoms with Crippen molar-refractivity contribution in [1.82, 2.24) is 9.55 Å². The molecule has 1 aromatic heterocycles. The van der Waals surface area contributed by atoms with E-state index in [1.807, 2.05) is 18.2 Å². The average Bonchev–Trinajstić information content (AvgIpc) is 3.34. The number of aromatic nitrogens is 2. The number of hydrogen-bond donors (Lipinski definition) is 1. The summed E-state index contributed by atoms with van der Waals surface area (Å²) in [5.41, 5.74) is 3.31. The number of aliphatic hydroxyl groups excluding tert-OH is 1. The van der Waals surface area contributed by atoms with Crippen LogP contribution >= 0.6 is 11.8 Å². The van der Waals surface area contributed by atoms with Gasteiger partial charge in [-0.2, -0.15) is 0 Å². The average molecular weight is 421 g/mol. The first-order valence-electron chi connectivity index (χ1n) is 10.2. The van der Waals surface area contributed by atoms with Gasteiger partial charge in [-0.3, -0.25) is 0 Å². The molecule has 0 aliphatic heterocycles. The number of benzene rings is 1. The number of hydrogen-bond acceptors (Lipinski definition) is 6. The van der Waals surface area contributed by atoms with E-state index in [1.54, 1.807) is 26.0 Å². The fraction of sp³-hybridized carbons (Fsp3) is 0.591. The van der Waals surface area contributed by atoms with Crippen LogP contribution in [0.3, 0.4) is 0 Å². The Hall–Kier alpha value is -1.70. The third-order valence-corrected chi connectivity index (χ3v) is 6.57. The molecule has 1 heterocycles. The van der Waals surface area contributed by atoms with E-state index < -0.39 is 6.10 Å². The molecule has 1 aliphatic rings. The minimum absolute atomic E-state index is 0.281. The van der Waals surface area contributed by atoms with Crippen LogP contribution in [0.2, 0.25) is 0 Å². The van der Waals surface area contributed by atoms with Gasteiger partial charge in [-0.1, -0.05) is 30.7 Å². The summed E-state index contributed by atoms with van der Waals surface area (Å²) in [5.74, 6) is 1.93. The molecule has 3 rings (SSSR count). The summed E-state index contributed by atoms with van der Waals surface area (Å²) < 4.78 is 18.7. The van der Waals surface area contributed by atoms with Gasteiger partial charge >= 0.3 is 0 Å². The van der Waals surface area contributed by atoms with E-state index in [4.69, 9.17) is 19.2 Å². The van der Waals surface area contributed by atoms with Crippen LogP contribution in [0.1, 0.15) is 48.7 Å². The summed E-state index contributed by atoms with van der Waals surface area (Å²) in [5, 5.41) is 11.4. The third-order valence-electron chi connectivity index (χ3n) is 5.48. The van der Waals surface area contributed by atoms with Gasteiger partial charge in [-0.25, -0.2) is 4.98 Å². The molecule has 0 bridgehead atoms. The first kappa shape index (κ1) is 22.0. The molecule has 0 spiro atoms. The number of nitrogens with zero attached hydrogens (tertiary/aromatic N) is 2. The maximum atomic E-state index is 10.4. The molecule has 1 atom stereocenters. The van der Waals surface area contributed by atoms with E-state index in [0.717, 1.165) is 16.4 Å². The number of aliphatic hydroxyl groups is 1. The van der Waals surface area contributed by atoms with Crippen LogP contribution in [0.15, 0.2) is 23.4 Å². The lowest BCUT2D eigenvalue weighted by Gasteiger charge is -2.18. The van der Waals surface area contributed by atoms with Gasteiger partial charge in [0.05, 0.1) is 39.2 Å². The lowest BCUT2D eigenvalue weighted by atomic mass is 10.2. The van der Waals surface area contributed by atoms with Crippen LogP contribution < -0.4 is 9.47 Å². The van der Waals surface area contributed by atoms with Crippen LogP contribution in [-0.2, 0) is 11.3 Å². The molecule has 1 fully saturated rings. The Morgan fingerprint density at radius 2 is 1.90 bits per heavy atom. The van der Waals surface area contributed by atoms with Gasteiger partial charge in [0.2, 0.25) is 0 Å². The van der Waals surface area contributed by atoms with Crippen LogP contribution in [0.25, 0.3) is 0 Å². The van der Waals surface area contributed by atoms with Gasteiger partial charge in [-0.15, -0.1) is 0 Å². The van der Waals surface area contributed by atoms with Gasteiger partial charge in [0, 0.05) is 17.5 Å². The normalized spacial score (nSPS) is 15.6. The highest BCUT2D eigenvalue weighted by Crippen LogP contribution is 2.35. The second kappa shape index (κ2) is 10.4. The van der Waals surface area contributed by atoms with Crippen molar-refractivity contribution in [2.45, 2.75) is 63.4 Å². The minimum Gasteiger partial charge on any atom is -0.493 e. The van der Waals surface area contributed by atoms with Crippen LogP contribution in [0.5, 0.6) is 11.5 Å². The number of thioether (sulfide) groups is 1. The molecule has 29 heavy (non-hydrogen) atoms. The van der Waals surface area contributed by atoms with E-state index in [2.05, 4.69) is 18.4 Å². The van der Waals surface area contributed by atoms with Crippen molar-refractivity contribution < 1.29 is 19.3 Å². The van der Waals surface area contributed by atoms with Gasteiger partial charge < -0.3 is 23.9 Å². The summed E-state index contributed by atoms with van der Waals surface area (Å²) in [7, 11) is 3.23. The molecule has 1 aromatic carbocycles. The highest BCUT2D eigenvalue weighted by Gasteiger charge is 2.23. The summed E-state index contributed by atoms with van der Waals surface area (Å²) >= 11 is 1.62. The fourth-order valence-corrected chi connectivity index (χ4v) is 4.86. The molecule has 1 N–H and O–H groups in total. The van der Waals surface area contributed by atoms with Crippen molar-refractivity contribution >= 4 is 11.8 Å². The van der Waals surface area contributed by atoms with Crippen molar-refractivity contribution in [3.8, 4) is 11.5 Å². The summed E-state index contributed by atoms with van der Waals surface area (Å²) in [6, 6.07) is 6.24. The summed E-state index contributed by atoms with van der Waals surface area (Å²) in [4.78, 5) is 4.74. The van der Waals surface area contributed by atoms with E-state index in [1.165, 1.54) is 31.4 Å². The molecule has 1 aliphatic carbocycles. The Balaban J connectivity index is 1.49. The Morgan fingerprint density at radius 3 is 2.59 bits per heavy atom. The predicted octanol–water partition coefficient (Wildman–Crippen LogP) is 4.30. The maximum absolute atomic E-state index is 10.4. The number of ether oxygens (including phenoxy) is 3. The fourth-order valence-electron chi connectivity index (χ4n) is 3.79. The number of imidazole rings is 1. The Kier molecular flexibility index (Phi) is 7.86. The molecule has 0 amide bonds. The largest absolute Gasteiger partial charge is 0.493 e. The number of aryl methyl sites for hydroxylation is 1. The molecule has 0 saturated heterocycles. The molecule has 160 valence electrons. The third kappa shape index (κ3) is 5.47. The maximum Gasteiger partial charge on any atom is 0.168 e. The van der Waals surface area contributed by atoms with Crippen molar-refractivity contribution in [2.24, 2.45) is 0 Å². The zero-order valence-corrected chi connectivity index (χ0v) is 18.6. The highest BCUT2D eigenvalue weighted by molar-refractivity contribution is 7.99.